The lowest BCUT2D eigenvalue weighted by Gasteiger charge is -2.04. The van der Waals surface area contributed by atoms with E-state index in [2.05, 4.69) is 26.2 Å². The van der Waals surface area contributed by atoms with Crippen LogP contribution in [0.3, 0.4) is 0 Å². The minimum atomic E-state index is -0.00117. The number of rotatable bonds is 8. The molecule has 1 aromatic rings. The van der Waals surface area contributed by atoms with E-state index < -0.39 is 0 Å². The van der Waals surface area contributed by atoms with Crippen molar-refractivity contribution in [2.45, 2.75) is 25.5 Å². The van der Waals surface area contributed by atoms with Gasteiger partial charge in [0.15, 0.2) is 0 Å². The number of tetrazole rings is 1. The van der Waals surface area contributed by atoms with Crippen LogP contribution >= 0.6 is 11.8 Å². The number of nitrogens with one attached hydrogen (secondary N) is 2. The molecule has 1 heterocycles. The number of nitrogens with zero attached hydrogens (tertiary/aromatic N) is 4. The summed E-state index contributed by atoms with van der Waals surface area (Å²) >= 11 is 1.35. The maximum absolute atomic E-state index is 11.3. The number of hydrogen-bond acceptors (Lipinski definition) is 6. The van der Waals surface area contributed by atoms with Gasteiger partial charge in [0.2, 0.25) is 11.1 Å². The van der Waals surface area contributed by atoms with Gasteiger partial charge in [-0.3, -0.25) is 4.79 Å². The first kappa shape index (κ1) is 13.9. The van der Waals surface area contributed by atoms with Crippen molar-refractivity contribution < 1.29 is 4.79 Å². The van der Waals surface area contributed by atoms with Crippen molar-refractivity contribution in [1.29, 1.82) is 0 Å². The zero-order valence-corrected chi connectivity index (χ0v) is 11.0. The molecule has 1 aromatic heterocycles. The molecule has 0 aliphatic rings. The Morgan fingerprint density at radius 3 is 2.94 bits per heavy atom. The quantitative estimate of drug-likeness (QED) is 0.483. The summed E-state index contributed by atoms with van der Waals surface area (Å²) in [6.07, 6.45) is 0. The predicted molar refractivity (Wildman–Crippen MR) is 65.8 cm³/mol. The van der Waals surface area contributed by atoms with Gasteiger partial charge in [0.1, 0.15) is 0 Å². The van der Waals surface area contributed by atoms with E-state index in [1.165, 1.54) is 11.8 Å². The molecule has 0 aliphatic carbocycles. The van der Waals surface area contributed by atoms with Crippen LogP contribution in [0.5, 0.6) is 0 Å². The molecular weight excluding hydrogens is 240 g/mol. The first-order valence-corrected chi connectivity index (χ1v) is 6.62. The van der Waals surface area contributed by atoms with Crippen LogP contribution in [0.2, 0.25) is 0 Å². The molecule has 0 aliphatic heterocycles. The zero-order valence-electron chi connectivity index (χ0n) is 10.1. The molecule has 96 valence electrons. The fraction of sp³-hybridized carbons (Fsp3) is 0.778. The Labute approximate surface area is 105 Å². The van der Waals surface area contributed by atoms with Crippen LogP contribution in [-0.4, -0.2) is 51.5 Å². The molecule has 0 saturated heterocycles. The second-order valence-corrected chi connectivity index (χ2v) is 4.22. The third-order valence-electron chi connectivity index (χ3n) is 1.96. The van der Waals surface area contributed by atoms with E-state index in [0.717, 1.165) is 13.1 Å². The van der Waals surface area contributed by atoms with Crippen LogP contribution in [-0.2, 0) is 11.3 Å². The zero-order chi connectivity index (χ0) is 12.5. The molecule has 2 N–H and O–H groups in total. The SMILES string of the molecule is CCNCCn1nnnc1SCC(=O)NCC. The van der Waals surface area contributed by atoms with Gasteiger partial charge in [0, 0.05) is 13.1 Å². The van der Waals surface area contributed by atoms with E-state index in [-0.39, 0.29) is 5.91 Å². The molecule has 0 aromatic carbocycles. The highest BCUT2D eigenvalue weighted by molar-refractivity contribution is 7.99. The topological polar surface area (TPSA) is 84.7 Å². The normalized spacial score (nSPS) is 10.5. The number of amides is 1. The molecule has 7 nitrogen and oxygen atoms in total. The minimum absolute atomic E-state index is 0.00117. The fourth-order valence-corrected chi connectivity index (χ4v) is 1.91. The van der Waals surface area contributed by atoms with Gasteiger partial charge < -0.3 is 10.6 Å². The molecule has 0 atom stereocenters. The Morgan fingerprint density at radius 2 is 2.24 bits per heavy atom. The summed E-state index contributed by atoms with van der Waals surface area (Å²) in [4.78, 5) is 11.3. The molecule has 1 rings (SSSR count). The number of carbonyl (C=O) groups excluding carboxylic acids is 1. The first-order chi connectivity index (χ1) is 8.27. The third-order valence-corrected chi connectivity index (χ3v) is 2.91. The largest absolute Gasteiger partial charge is 0.356 e. The van der Waals surface area contributed by atoms with Crippen molar-refractivity contribution in [3.05, 3.63) is 0 Å². The lowest BCUT2D eigenvalue weighted by Crippen LogP contribution is -2.25. The molecular formula is C9H18N6OS. The van der Waals surface area contributed by atoms with E-state index in [1.54, 1.807) is 4.68 Å². The molecule has 17 heavy (non-hydrogen) atoms. The molecule has 0 spiro atoms. The third kappa shape index (κ3) is 5.14. The van der Waals surface area contributed by atoms with Crippen LogP contribution in [0.4, 0.5) is 0 Å². The van der Waals surface area contributed by atoms with Crippen LogP contribution in [0.15, 0.2) is 5.16 Å². The number of thioether (sulfide) groups is 1. The Kier molecular flexibility index (Phi) is 6.56. The monoisotopic (exact) mass is 258 g/mol. The Balaban J connectivity index is 2.37. The van der Waals surface area contributed by atoms with Crippen molar-refractivity contribution in [3.63, 3.8) is 0 Å². The highest BCUT2D eigenvalue weighted by atomic mass is 32.2. The standard InChI is InChI=1S/C9H18N6OS/c1-3-10-5-6-15-9(12-13-14-15)17-7-8(16)11-4-2/h10H,3-7H2,1-2H3,(H,11,16). The number of aromatic nitrogens is 4. The van der Waals surface area contributed by atoms with Gasteiger partial charge in [-0.1, -0.05) is 18.7 Å². The summed E-state index contributed by atoms with van der Waals surface area (Å²) < 4.78 is 1.70. The maximum Gasteiger partial charge on any atom is 0.230 e. The summed E-state index contributed by atoms with van der Waals surface area (Å²) in [7, 11) is 0. The lowest BCUT2D eigenvalue weighted by atomic mass is 10.6. The number of carbonyl (C=O) groups is 1. The van der Waals surface area contributed by atoms with Gasteiger partial charge in [-0.2, -0.15) is 0 Å². The van der Waals surface area contributed by atoms with E-state index in [9.17, 15) is 4.79 Å². The molecule has 0 unspecified atom stereocenters. The summed E-state index contributed by atoms with van der Waals surface area (Å²) in [6.45, 7) is 7.02. The van der Waals surface area contributed by atoms with Gasteiger partial charge in [-0.05, 0) is 23.9 Å². The second-order valence-electron chi connectivity index (χ2n) is 3.28. The van der Waals surface area contributed by atoms with Crippen molar-refractivity contribution in [2.24, 2.45) is 0 Å². The summed E-state index contributed by atoms with van der Waals surface area (Å²) in [5.41, 5.74) is 0. The van der Waals surface area contributed by atoms with Gasteiger partial charge in [-0.25, -0.2) is 4.68 Å². The molecule has 0 saturated carbocycles. The average molecular weight is 258 g/mol. The highest BCUT2D eigenvalue weighted by Crippen LogP contribution is 2.12. The predicted octanol–water partition coefficient (Wildman–Crippen LogP) is -0.489. The Bertz CT molecular complexity index is 342. The Morgan fingerprint density at radius 1 is 1.41 bits per heavy atom. The van der Waals surface area contributed by atoms with Gasteiger partial charge >= 0.3 is 0 Å². The highest BCUT2D eigenvalue weighted by Gasteiger charge is 2.08. The van der Waals surface area contributed by atoms with Crippen LogP contribution < -0.4 is 10.6 Å². The van der Waals surface area contributed by atoms with Crippen LogP contribution in [0.1, 0.15) is 13.8 Å². The van der Waals surface area contributed by atoms with Gasteiger partial charge in [0.05, 0.1) is 12.3 Å². The van der Waals surface area contributed by atoms with E-state index in [0.29, 0.717) is 24.0 Å². The average Bonchev–Trinajstić information content (AvgIpc) is 2.75. The van der Waals surface area contributed by atoms with Crippen molar-refractivity contribution in [1.82, 2.24) is 30.8 Å². The van der Waals surface area contributed by atoms with Gasteiger partial charge in [0.25, 0.3) is 0 Å². The maximum atomic E-state index is 11.3. The van der Waals surface area contributed by atoms with E-state index >= 15 is 0 Å². The Hall–Kier alpha value is -1.15. The lowest BCUT2D eigenvalue weighted by molar-refractivity contribution is -0.118. The first-order valence-electron chi connectivity index (χ1n) is 5.64. The van der Waals surface area contributed by atoms with Gasteiger partial charge in [-0.15, -0.1) is 5.10 Å². The molecule has 0 fully saturated rings. The van der Waals surface area contributed by atoms with Crippen molar-refractivity contribution in [3.8, 4) is 0 Å². The molecule has 8 heteroatoms. The van der Waals surface area contributed by atoms with Crippen LogP contribution in [0.25, 0.3) is 0 Å². The van der Waals surface area contributed by atoms with Crippen molar-refractivity contribution >= 4 is 17.7 Å². The molecule has 0 radical (unpaired) electrons. The smallest absolute Gasteiger partial charge is 0.230 e. The van der Waals surface area contributed by atoms with E-state index in [4.69, 9.17) is 0 Å². The minimum Gasteiger partial charge on any atom is -0.356 e. The summed E-state index contributed by atoms with van der Waals surface area (Å²) in [5, 5.41) is 18.0. The number of likely N-dealkylation sites (N-methyl/N-ethyl adjacent to an activating group) is 1. The fourth-order valence-electron chi connectivity index (χ4n) is 1.18. The second kappa shape index (κ2) is 8.02. The summed E-state index contributed by atoms with van der Waals surface area (Å²) in [6, 6.07) is 0. The van der Waals surface area contributed by atoms with E-state index in [1.807, 2.05) is 13.8 Å². The number of hydrogen-bond donors (Lipinski definition) is 2. The summed E-state index contributed by atoms with van der Waals surface area (Å²) in [5.74, 6) is 0.342. The molecule has 0 bridgehead atoms. The van der Waals surface area contributed by atoms with Crippen LogP contribution in [0, 0.1) is 0 Å². The molecule has 1 amide bonds. The van der Waals surface area contributed by atoms with Crippen molar-refractivity contribution in [2.75, 3.05) is 25.4 Å².